The van der Waals surface area contributed by atoms with Crippen LogP contribution in [0, 0.1) is 5.82 Å². The van der Waals surface area contributed by atoms with Crippen LogP contribution in [-0.2, 0) is 10.9 Å². The van der Waals surface area contributed by atoms with E-state index in [1.54, 1.807) is 25.7 Å². The number of nitrogens with zero attached hydrogens (tertiary/aromatic N) is 1. The van der Waals surface area contributed by atoms with Gasteiger partial charge in [0.05, 0.1) is 11.6 Å². The SMILES string of the molecule is CC(C)(C)OC(=O)N[C@@H]1CCN(c2ccc(C(F)(F)F)c(F)c2)C1. The summed E-state index contributed by atoms with van der Waals surface area (Å²) in [5, 5.41) is 2.71. The molecule has 0 unspecified atom stereocenters. The van der Waals surface area contributed by atoms with Gasteiger partial charge in [0.1, 0.15) is 11.4 Å². The minimum Gasteiger partial charge on any atom is -0.444 e. The molecule has 0 spiro atoms. The first-order valence-electron chi connectivity index (χ1n) is 7.57. The molecule has 0 bridgehead atoms. The quantitative estimate of drug-likeness (QED) is 0.823. The number of nitrogens with one attached hydrogen (secondary N) is 1. The summed E-state index contributed by atoms with van der Waals surface area (Å²) in [6.45, 7) is 6.13. The van der Waals surface area contributed by atoms with Crippen LogP contribution in [-0.4, -0.2) is 30.8 Å². The molecule has 4 nitrogen and oxygen atoms in total. The summed E-state index contributed by atoms with van der Waals surface area (Å²) < 4.78 is 56.6. The maximum atomic E-state index is 13.7. The van der Waals surface area contributed by atoms with Crippen LogP contribution in [0.4, 0.5) is 28.0 Å². The fourth-order valence-electron chi connectivity index (χ4n) is 2.52. The first-order chi connectivity index (χ1) is 11.0. The molecule has 1 aliphatic rings. The minimum absolute atomic E-state index is 0.204. The molecule has 1 amide bonds. The standard InChI is InChI=1S/C16H20F4N2O2/c1-15(2,3)24-14(23)21-10-6-7-22(9-10)11-4-5-12(13(17)8-11)16(18,19)20/h4-5,8,10H,6-7,9H2,1-3H3,(H,21,23)/t10-/m1/s1. The van der Waals surface area contributed by atoms with E-state index >= 15 is 0 Å². The Morgan fingerprint density at radius 1 is 1.29 bits per heavy atom. The van der Waals surface area contributed by atoms with Crippen molar-refractivity contribution in [1.29, 1.82) is 0 Å². The third-order valence-electron chi connectivity index (χ3n) is 3.53. The zero-order chi connectivity index (χ0) is 18.1. The van der Waals surface area contributed by atoms with Gasteiger partial charge in [-0.15, -0.1) is 0 Å². The summed E-state index contributed by atoms with van der Waals surface area (Å²) in [7, 11) is 0. The number of amides is 1. The molecule has 1 aromatic rings. The number of ether oxygens (including phenoxy) is 1. The minimum atomic E-state index is -4.71. The zero-order valence-electron chi connectivity index (χ0n) is 13.7. The third-order valence-corrected chi connectivity index (χ3v) is 3.53. The molecule has 1 heterocycles. The smallest absolute Gasteiger partial charge is 0.419 e. The summed E-state index contributed by atoms with van der Waals surface area (Å²) in [6, 6.07) is 2.64. The predicted octanol–water partition coefficient (Wildman–Crippen LogP) is 3.95. The summed E-state index contributed by atoms with van der Waals surface area (Å²) >= 11 is 0. The number of carbonyl (C=O) groups is 1. The highest BCUT2D eigenvalue weighted by molar-refractivity contribution is 5.68. The van der Waals surface area contributed by atoms with Crippen LogP contribution in [0.2, 0.25) is 0 Å². The lowest BCUT2D eigenvalue weighted by Crippen LogP contribution is -2.40. The molecule has 0 radical (unpaired) electrons. The van der Waals surface area contributed by atoms with Gasteiger partial charge >= 0.3 is 12.3 Å². The lowest BCUT2D eigenvalue weighted by molar-refractivity contribution is -0.139. The van der Waals surface area contributed by atoms with Crippen LogP contribution in [0.1, 0.15) is 32.8 Å². The van der Waals surface area contributed by atoms with Crippen molar-refractivity contribution in [3.63, 3.8) is 0 Å². The largest absolute Gasteiger partial charge is 0.444 e. The van der Waals surface area contributed by atoms with E-state index in [-0.39, 0.29) is 6.04 Å². The lowest BCUT2D eigenvalue weighted by atomic mass is 10.1. The normalized spacial score (nSPS) is 18.6. The van der Waals surface area contributed by atoms with Gasteiger partial charge in [-0.1, -0.05) is 0 Å². The number of halogens is 4. The van der Waals surface area contributed by atoms with Gasteiger partial charge in [-0.3, -0.25) is 0 Å². The number of alkyl halides is 3. The molecular formula is C16H20F4N2O2. The fourth-order valence-corrected chi connectivity index (χ4v) is 2.52. The summed E-state index contributed by atoms with van der Waals surface area (Å²) in [5.41, 5.74) is -1.54. The van der Waals surface area contributed by atoms with Crippen LogP contribution < -0.4 is 10.2 Å². The van der Waals surface area contributed by atoms with Crippen LogP contribution in [0.3, 0.4) is 0 Å². The number of benzene rings is 1. The van der Waals surface area contributed by atoms with Gasteiger partial charge in [0.25, 0.3) is 0 Å². The highest BCUT2D eigenvalue weighted by Crippen LogP contribution is 2.33. The highest BCUT2D eigenvalue weighted by atomic mass is 19.4. The second kappa shape index (κ2) is 6.49. The van der Waals surface area contributed by atoms with E-state index in [0.717, 1.165) is 12.1 Å². The molecule has 0 aromatic heterocycles. The molecule has 8 heteroatoms. The summed E-state index contributed by atoms with van der Waals surface area (Å²) in [6.07, 6.45) is -4.66. The number of carbonyl (C=O) groups excluding carboxylic acids is 1. The average molecular weight is 348 g/mol. The number of hydrogen-bond acceptors (Lipinski definition) is 3. The molecule has 1 atom stereocenters. The number of hydrogen-bond donors (Lipinski definition) is 1. The van der Waals surface area contributed by atoms with Gasteiger partial charge in [-0.25, -0.2) is 9.18 Å². The van der Waals surface area contributed by atoms with E-state index in [9.17, 15) is 22.4 Å². The Balaban J connectivity index is 1.98. The second-order valence-electron chi connectivity index (χ2n) is 6.74. The molecule has 0 aliphatic carbocycles. The summed E-state index contributed by atoms with van der Waals surface area (Å²) in [5.74, 6) is -1.30. The van der Waals surface area contributed by atoms with Crippen molar-refractivity contribution in [3.05, 3.63) is 29.6 Å². The van der Waals surface area contributed by atoms with Crippen molar-refractivity contribution >= 4 is 11.8 Å². The van der Waals surface area contributed by atoms with Crippen molar-refractivity contribution in [2.45, 2.75) is 45.0 Å². The number of anilines is 1. The molecule has 1 fully saturated rings. The van der Waals surface area contributed by atoms with Gasteiger partial charge in [0.2, 0.25) is 0 Å². The van der Waals surface area contributed by atoms with E-state index in [1.165, 1.54) is 6.07 Å². The Morgan fingerprint density at radius 2 is 1.96 bits per heavy atom. The van der Waals surface area contributed by atoms with E-state index < -0.39 is 29.3 Å². The maximum Gasteiger partial charge on any atom is 0.419 e. The van der Waals surface area contributed by atoms with Gasteiger partial charge in [-0.05, 0) is 45.4 Å². The van der Waals surface area contributed by atoms with E-state index in [4.69, 9.17) is 4.74 Å². The monoisotopic (exact) mass is 348 g/mol. The first-order valence-corrected chi connectivity index (χ1v) is 7.57. The van der Waals surface area contributed by atoms with E-state index in [1.807, 2.05) is 0 Å². The van der Waals surface area contributed by atoms with Crippen LogP contribution in [0.15, 0.2) is 18.2 Å². The first kappa shape index (κ1) is 18.4. The Labute approximate surface area is 137 Å². The van der Waals surface area contributed by atoms with Gasteiger partial charge in [0, 0.05) is 18.8 Å². The second-order valence-corrected chi connectivity index (χ2v) is 6.74. The lowest BCUT2D eigenvalue weighted by Gasteiger charge is -2.22. The molecule has 1 aromatic carbocycles. The van der Waals surface area contributed by atoms with Gasteiger partial charge < -0.3 is 15.0 Å². The molecule has 1 saturated heterocycles. The number of alkyl carbamates (subject to hydrolysis) is 1. The Morgan fingerprint density at radius 3 is 2.50 bits per heavy atom. The van der Waals surface area contributed by atoms with Crippen LogP contribution in [0.5, 0.6) is 0 Å². The molecule has 1 N–H and O–H groups in total. The molecule has 1 aliphatic heterocycles. The number of rotatable bonds is 2. The predicted molar refractivity (Wildman–Crippen MR) is 81.4 cm³/mol. The highest BCUT2D eigenvalue weighted by Gasteiger charge is 2.34. The topological polar surface area (TPSA) is 41.6 Å². The van der Waals surface area contributed by atoms with E-state index in [0.29, 0.717) is 25.2 Å². The third kappa shape index (κ3) is 4.75. The zero-order valence-corrected chi connectivity index (χ0v) is 13.7. The maximum absolute atomic E-state index is 13.7. The Kier molecular flexibility index (Phi) is 4.96. The van der Waals surface area contributed by atoms with Crippen molar-refractivity contribution in [2.24, 2.45) is 0 Å². The summed E-state index contributed by atoms with van der Waals surface area (Å²) in [4.78, 5) is 13.5. The molecular weight excluding hydrogens is 328 g/mol. The Hall–Kier alpha value is -1.99. The van der Waals surface area contributed by atoms with Crippen molar-refractivity contribution in [3.8, 4) is 0 Å². The van der Waals surface area contributed by atoms with Crippen molar-refractivity contribution < 1.29 is 27.1 Å². The average Bonchev–Trinajstić information content (AvgIpc) is 2.83. The molecule has 24 heavy (non-hydrogen) atoms. The van der Waals surface area contributed by atoms with Crippen molar-refractivity contribution in [2.75, 3.05) is 18.0 Å². The van der Waals surface area contributed by atoms with Gasteiger partial charge in [0.15, 0.2) is 0 Å². The molecule has 134 valence electrons. The Bertz CT molecular complexity index is 611. The van der Waals surface area contributed by atoms with Crippen LogP contribution in [0.25, 0.3) is 0 Å². The van der Waals surface area contributed by atoms with Crippen LogP contribution >= 0.6 is 0 Å². The fraction of sp³-hybridized carbons (Fsp3) is 0.562. The van der Waals surface area contributed by atoms with Crippen molar-refractivity contribution in [1.82, 2.24) is 5.32 Å². The van der Waals surface area contributed by atoms with Gasteiger partial charge in [-0.2, -0.15) is 13.2 Å². The van der Waals surface area contributed by atoms with E-state index in [2.05, 4.69) is 5.32 Å². The molecule has 0 saturated carbocycles. The molecule has 2 rings (SSSR count).